The summed E-state index contributed by atoms with van der Waals surface area (Å²) < 4.78 is 5.28. The van der Waals surface area contributed by atoms with E-state index >= 15 is 0 Å². The Hall–Kier alpha value is -2.69. The van der Waals surface area contributed by atoms with Gasteiger partial charge in [-0.15, -0.1) is 0 Å². The number of hydrogen-bond acceptors (Lipinski definition) is 5. The second kappa shape index (κ2) is 9.64. The molecule has 5 atom stereocenters. The fourth-order valence-corrected chi connectivity index (χ4v) is 7.85. The maximum Gasteiger partial charge on any atom is 0.305 e. The van der Waals surface area contributed by atoms with Crippen molar-refractivity contribution in [1.29, 1.82) is 0 Å². The third-order valence-electron chi connectivity index (χ3n) is 9.60. The summed E-state index contributed by atoms with van der Waals surface area (Å²) in [4.78, 5) is 39.5. The van der Waals surface area contributed by atoms with E-state index in [1.54, 1.807) is 12.5 Å². The number of carbonyl (C=O) groups is 3. The van der Waals surface area contributed by atoms with Gasteiger partial charge in [0.25, 0.3) is 0 Å². The Morgan fingerprint density at radius 3 is 2.50 bits per heavy atom. The number of Topliss-reactive ketones (excluding diaryl/α,β-unsaturated/α-hetero) is 1. The standard InChI is InChI=1S/C31H39NO4/c1-5-29(35)36-18-28(34)27-15-14-26-24-12-8-20-16-22(33)11-13-23(20)30(24)25(17-31(26,27)2)19-6-9-21(10-7-19)32(3)4/h6-7,9-10,16,24-27H,5,8,11-15,17-18H2,1-4H3. The van der Waals surface area contributed by atoms with Crippen LogP contribution in [0.4, 0.5) is 5.69 Å². The topological polar surface area (TPSA) is 63.7 Å². The van der Waals surface area contributed by atoms with Gasteiger partial charge in [0.2, 0.25) is 0 Å². The summed E-state index contributed by atoms with van der Waals surface area (Å²) >= 11 is 0. The predicted octanol–water partition coefficient (Wildman–Crippen LogP) is 5.79. The molecule has 0 heterocycles. The third kappa shape index (κ3) is 4.25. The molecule has 1 aromatic rings. The van der Waals surface area contributed by atoms with E-state index in [-0.39, 0.29) is 41.4 Å². The Morgan fingerprint density at radius 2 is 1.81 bits per heavy atom. The molecule has 0 radical (unpaired) electrons. The Bertz CT molecular complexity index is 1130. The minimum absolute atomic E-state index is 0.0767. The van der Waals surface area contributed by atoms with Crippen LogP contribution in [0, 0.1) is 23.2 Å². The number of ether oxygens (including phenoxy) is 1. The number of esters is 1. The Balaban J connectivity index is 1.55. The molecule has 1 aromatic carbocycles. The summed E-state index contributed by atoms with van der Waals surface area (Å²) in [6.45, 7) is 3.98. The van der Waals surface area contributed by atoms with Gasteiger partial charge in [-0.1, -0.05) is 31.6 Å². The Labute approximate surface area is 215 Å². The number of hydrogen-bond donors (Lipinski definition) is 0. The number of ketones is 2. The lowest BCUT2D eigenvalue weighted by Crippen LogP contribution is -2.45. The molecular formula is C31H39NO4. The molecule has 0 amide bonds. The minimum Gasteiger partial charge on any atom is -0.458 e. The van der Waals surface area contributed by atoms with Gasteiger partial charge < -0.3 is 9.64 Å². The zero-order valence-electron chi connectivity index (χ0n) is 22.1. The number of fused-ring (bicyclic) bond motifs is 4. The summed E-state index contributed by atoms with van der Waals surface area (Å²) in [5.74, 6) is 1.09. The molecule has 2 saturated carbocycles. The van der Waals surface area contributed by atoms with Gasteiger partial charge in [0.1, 0.15) is 6.61 Å². The summed E-state index contributed by atoms with van der Waals surface area (Å²) in [7, 11) is 4.11. The number of carbonyl (C=O) groups excluding carboxylic acids is 3. The van der Waals surface area contributed by atoms with Crippen molar-refractivity contribution in [2.24, 2.45) is 23.2 Å². The van der Waals surface area contributed by atoms with Gasteiger partial charge in [-0.05, 0) is 90.7 Å². The van der Waals surface area contributed by atoms with Crippen molar-refractivity contribution in [3.05, 3.63) is 52.6 Å². The van der Waals surface area contributed by atoms with Gasteiger partial charge >= 0.3 is 5.97 Å². The quantitative estimate of drug-likeness (QED) is 0.473. The first-order valence-corrected chi connectivity index (χ1v) is 13.6. The van der Waals surface area contributed by atoms with E-state index in [9.17, 15) is 14.4 Å². The van der Waals surface area contributed by atoms with Crippen molar-refractivity contribution in [3.8, 4) is 0 Å². The summed E-state index contributed by atoms with van der Waals surface area (Å²) in [5, 5.41) is 0. The zero-order chi connectivity index (χ0) is 25.6. The van der Waals surface area contributed by atoms with Crippen LogP contribution in [-0.4, -0.2) is 38.2 Å². The predicted molar refractivity (Wildman–Crippen MR) is 141 cm³/mol. The highest BCUT2D eigenvalue weighted by atomic mass is 16.5. The molecule has 0 aliphatic heterocycles. The fourth-order valence-electron chi connectivity index (χ4n) is 7.85. The van der Waals surface area contributed by atoms with Gasteiger partial charge in [0.05, 0.1) is 0 Å². The molecule has 5 heteroatoms. The smallest absolute Gasteiger partial charge is 0.305 e. The number of allylic oxidation sites excluding steroid dienone is 4. The average molecular weight is 490 g/mol. The summed E-state index contributed by atoms with van der Waals surface area (Å²) in [6, 6.07) is 8.90. The number of nitrogens with zero attached hydrogens (tertiary/aromatic N) is 1. The second-order valence-electron chi connectivity index (χ2n) is 11.7. The molecule has 5 nitrogen and oxygen atoms in total. The van der Waals surface area contributed by atoms with Crippen molar-refractivity contribution in [2.75, 3.05) is 25.6 Å². The molecule has 5 unspecified atom stereocenters. The molecule has 192 valence electrons. The van der Waals surface area contributed by atoms with Crippen molar-refractivity contribution in [1.82, 2.24) is 0 Å². The molecule has 36 heavy (non-hydrogen) atoms. The third-order valence-corrected chi connectivity index (χ3v) is 9.60. The Kier molecular flexibility index (Phi) is 6.69. The first-order valence-electron chi connectivity index (χ1n) is 13.6. The van der Waals surface area contributed by atoms with Crippen LogP contribution in [0.3, 0.4) is 0 Å². The molecule has 4 aliphatic rings. The van der Waals surface area contributed by atoms with Crippen LogP contribution in [0.5, 0.6) is 0 Å². The van der Waals surface area contributed by atoms with Gasteiger partial charge in [-0.25, -0.2) is 0 Å². The second-order valence-corrected chi connectivity index (χ2v) is 11.7. The van der Waals surface area contributed by atoms with E-state index in [1.807, 2.05) is 6.08 Å². The van der Waals surface area contributed by atoms with E-state index in [0.717, 1.165) is 38.5 Å². The highest BCUT2D eigenvalue weighted by Crippen LogP contribution is 2.65. The first kappa shape index (κ1) is 25.0. The molecule has 0 spiro atoms. The lowest BCUT2D eigenvalue weighted by atomic mass is 9.51. The first-order chi connectivity index (χ1) is 17.2. The van der Waals surface area contributed by atoms with Gasteiger partial charge in [-0.2, -0.15) is 0 Å². The fraction of sp³-hybridized carbons (Fsp3) is 0.581. The van der Waals surface area contributed by atoms with E-state index in [1.165, 1.54) is 22.4 Å². The number of benzene rings is 1. The Morgan fingerprint density at radius 1 is 1.06 bits per heavy atom. The van der Waals surface area contributed by atoms with Crippen LogP contribution in [0.1, 0.15) is 76.7 Å². The largest absolute Gasteiger partial charge is 0.458 e. The average Bonchev–Trinajstić information content (AvgIpc) is 3.23. The van der Waals surface area contributed by atoms with Crippen molar-refractivity contribution < 1.29 is 19.1 Å². The summed E-state index contributed by atoms with van der Waals surface area (Å²) in [6.07, 6.45) is 8.50. The molecule has 4 aliphatic carbocycles. The van der Waals surface area contributed by atoms with Gasteiger partial charge in [0, 0.05) is 44.5 Å². The minimum atomic E-state index is -0.309. The summed E-state index contributed by atoms with van der Waals surface area (Å²) in [5.41, 5.74) is 6.59. The van der Waals surface area contributed by atoms with Crippen molar-refractivity contribution in [2.45, 2.75) is 71.1 Å². The maximum absolute atomic E-state index is 13.4. The van der Waals surface area contributed by atoms with E-state index in [4.69, 9.17) is 4.74 Å². The highest BCUT2D eigenvalue weighted by Gasteiger charge is 2.58. The van der Waals surface area contributed by atoms with Crippen LogP contribution in [0.15, 0.2) is 47.1 Å². The van der Waals surface area contributed by atoms with Crippen molar-refractivity contribution >= 4 is 23.2 Å². The highest BCUT2D eigenvalue weighted by molar-refractivity contribution is 5.93. The molecule has 0 saturated heterocycles. The van der Waals surface area contributed by atoms with E-state index < -0.39 is 0 Å². The molecule has 0 N–H and O–H groups in total. The molecule has 2 fully saturated rings. The van der Waals surface area contributed by atoms with Crippen LogP contribution in [-0.2, 0) is 19.1 Å². The van der Waals surface area contributed by atoms with E-state index in [2.05, 4.69) is 50.2 Å². The maximum atomic E-state index is 13.4. The molecular weight excluding hydrogens is 450 g/mol. The normalized spacial score (nSPS) is 31.2. The zero-order valence-corrected chi connectivity index (χ0v) is 22.1. The van der Waals surface area contributed by atoms with E-state index in [0.29, 0.717) is 24.7 Å². The van der Waals surface area contributed by atoms with Crippen LogP contribution >= 0.6 is 0 Å². The lowest BCUT2D eigenvalue weighted by Gasteiger charge is -2.52. The van der Waals surface area contributed by atoms with Crippen molar-refractivity contribution in [3.63, 3.8) is 0 Å². The van der Waals surface area contributed by atoms with Crippen LogP contribution in [0.25, 0.3) is 0 Å². The van der Waals surface area contributed by atoms with Gasteiger partial charge in [-0.3, -0.25) is 14.4 Å². The molecule has 5 rings (SSSR count). The van der Waals surface area contributed by atoms with Crippen LogP contribution < -0.4 is 4.90 Å². The molecule has 0 bridgehead atoms. The molecule has 0 aromatic heterocycles. The monoisotopic (exact) mass is 489 g/mol. The number of rotatable bonds is 6. The van der Waals surface area contributed by atoms with Gasteiger partial charge in [0.15, 0.2) is 11.6 Å². The number of anilines is 1. The van der Waals surface area contributed by atoms with Crippen LogP contribution in [0.2, 0.25) is 0 Å². The SMILES string of the molecule is CCC(=O)OCC(=O)C1CCC2C3CCC4=CC(=O)CCC4=C3C(c3ccc(N(C)C)cc3)CC12C. The lowest BCUT2D eigenvalue weighted by molar-refractivity contribution is -0.150.